The number of nitrogen functional groups attached to an aromatic ring is 1. The molecule has 0 amide bonds. The Kier molecular flexibility index (Phi) is 3.42. The lowest BCUT2D eigenvalue weighted by molar-refractivity contribution is 0.395. The lowest BCUT2D eigenvalue weighted by Crippen LogP contribution is -1.93. The van der Waals surface area contributed by atoms with E-state index in [-0.39, 0.29) is 0 Å². The highest BCUT2D eigenvalue weighted by molar-refractivity contribution is 5.76. The number of nitrogens with two attached hydrogens (primary N) is 1. The Bertz CT molecular complexity index is 564. The number of methoxy groups -OCH3 is 2. The van der Waals surface area contributed by atoms with Crippen LogP contribution in [-0.4, -0.2) is 14.2 Å². The average Bonchev–Trinajstić information content (AvgIpc) is 2.41. The van der Waals surface area contributed by atoms with Crippen LogP contribution in [0.15, 0.2) is 36.4 Å². The van der Waals surface area contributed by atoms with E-state index in [4.69, 9.17) is 15.2 Å². The first-order valence-electron chi connectivity index (χ1n) is 5.74. The maximum absolute atomic E-state index is 5.85. The summed E-state index contributed by atoms with van der Waals surface area (Å²) in [6.45, 7) is 2.05. The smallest absolute Gasteiger partial charge is 0.130 e. The zero-order chi connectivity index (χ0) is 13.1. The van der Waals surface area contributed by atoms with Gasteiger partial charge in [-0.25, -0.2) is 0 Å². The van der Waals surface area contributed by atoms with Gasteiger partial charge in [0, 0.05) is 17.3 Å². The summed E-state index contributed by atoms with van der Waals surface area (Å²) in [5, 5.41) is 0. The van der Waals surface area contributed by atoms with Crippen LogP contribution in [0, 0.1) is 6.92 Å². The van der Waals surface area contributed by atoms with Gasteiger partial charge in [-0.2, -0.15) is 0 Å². The van der Waals surface area contributed by atoms with Gasteiger partial charge in [-0.3, -0.25) is 0 Å². The minimum Gasteiger partial charge on any atom is -0.497 e. The van der Waals surface area contributed by atoms with Crippen LogP contribution in [0.1, 0.15) is 5.56 Å². The van der Waals surface area contributed by atoms with Crippen molar-refractivity contribution in [2.45, 2.75) is 6.92 Å². The van der Waals surface area contributed by atoms with Crippen molar-refractivity contribution in [3.8, 4) is 22.6 Å². The van der Waals surface area contributed by atoms with Gasteiger partial charge in [-0.15, -0.1) is 0 Å². The van der Waals surface area contributed by atoms with Gasteiger partial charge in [0.1, 0.15) is 11.5 Å². The fraction of sp³-hybridized carbons (Fsp3) is 0.200. The second-order valence-corrected chi connectivity index (χ2v) is 4.14. The number of hydrogen-bond donors (Lipinski definition) is 1. The van der Waals surface area contributed by atoms with Crippen molar-refractivity contribution in [2.24, 2.45) is 0 Å². The highest BCUT2D eigenvalue weighted by Gasteiger charge is 2.10. The lowest BCUT2D eigenvalue weighted by atomic mass is 9.99. The van der Waals surface area contributed by atoms with Crippen LogP contribution < -0.4 is 15.2 Å². The molecule has 3 nitrogen and oxygen atoms in total. The molecule has 2 aromatic carbocycles. The minimum absolute atomic E-state index is 0.744. The first-order chi connectivity index (χ1) is 8.65. The molecule has 2 N–H and O–H groups in total. The first-order valence-corrected chi connectivity index (χ1v) is 5.74. The van der Waals surface area contributed by atoms with Crippen LogP contribution in [0.3, 0.4) is 0 Å². The third kappa shape index (κ3) is 2.25. The van der Waals surface area contributed by atoms with E-state index in [0.29, 0.717) is 0 Å². The Morgan fingerprint density at radius 3 is 2.33 bits per heavy atom. The van der Waals surface area contributed by atoms with Gasteiger partial charge in [-0.05, 0) is 42.3 Å². The molecular weight excluding hydrogens is 226 g/mol. The van der Waals surface area contributed by atoms with E-state index in [1.807, 2.05) is 36.4 Å². The second-order valence-electron chi connectivity index (χ2n) is 4.14. The molecule has 0 unspecified atom stereocenters. The van der Waals surface area contributed by atoms with Crippen LogP contribution in [0.4, 0.5) is 5.69 Å². The highest BCUT2D eigenvalue weighted by atomic mass is 16.5. The summed E-state index contributed by atoms with van der Waals surface area (Å²) in [4.78, 5) is 0. The summed E-state index contributed by atoms with van der Waals surface area (Å²) in [6.07, 6.45) is 0. The Labute approximate surface area is 107 Å². The number of aryl methyl sites for hydroxylation is 1. The summed E-state index contributed by atoms with van der Waals surface area (Å²) >= 11 is 0. The molecule has 0 heterocycles. The van der Waals surface area contributed by atoms with Gasteiger partial charge < -0.3 is 15.2 Å². The third-order valence-electron chi connectivity index (χ3n) is 2.96. The van der Waals surface area contributed by atoms with Crippen LogP contribution in [-0.2, 0) is 0 Å². The lowest BCUT2D eigenvalue weighted by Gasteiger charge is -2.13. The molecule has 0 bridgehead atoms. The summed E-state index contributed by atoms with van der Waals surface area (Å²) < 4.78 is 10.6. The summed E-state index contributed by atoms with van der Waals surface area (Å²) in [5.41, 5.74) is 9.85. The van der Waals surface area contributed by atoms with E-state index in [0.717, 1.165) is 33.9 Å². The molecule has 0 fully saturated rings. The molecule has 2 aromatic rings. The molecule has 94 valence electrons. The average molecular weight is 243 g/mol. The minimum atomic E-state index is 0.744. The van der Waals surface area contributed by atoms with Crippen LogP contribution in [0.2, 0.25) is 0 Å². The number of anilines is 1. The second kappa shape index (κ2) is 5.00. The third-order valence-corrected chi connectivity index (χ3v) is 2.96. The molecule has 0 aromatic heterocycles. The van der Waals surface area contributed by atoms with Gasteiger partial charge in [0.2, 0.25) is 0 Å². The van der Waals surface area contributed by atoms with E-state index in [1.165, 1.54) is 0 Å². The number of benzene rings is 2. The summed E-state index contributed by atoms with van der Waals surface area (Å²) in [5.74, 6) is 1.56. The molecule has 0 atom stereocenters. The molecule has 2 rings (SSSR count). The SMILES string of the molecule is COc1ccc(-c2cc(N)ccc2C)c(OC)c1. The largest absolute Gasteiger partial charge is 0.497 e. The topological polar surface area (TPSA) is 44.5 Å². The van der Waals surface area contributed by atoms with Gasteiger partial charge in [-0.1, -0.05) is 6.07 Å². The van der Waals surface area contributed by atoms with E-state index in [1.54, 1.807) is 14.2 Å². The Morgan fingerprint density at radius 1 is 0.889 bits per heavy atom. The maximum Gasteiger partial charge on any atom is 0.130 e. The van der Waals surface area contributed by atoms with Gasteiger partial charge >= 0.3 is 0 Å². The Morgan fingerprint density at radius 2 is 1.67 bits per heavy atom. The molecule has 0 saturated carbocycles. The van der Waals surface area contributed by atoms with Gasteiger partial charge in [0.05, 0.1) is 14.2 Å². The fourth-order valence-corrected chi connectivity index (χ4v) is 1.95. The summed E-state index contributed by atoms with van der Waals surface area (Å²) in [6, 6.07) is 11.6. The van der Waals surface area contributed by atoms with Crippen molar-refractivity contribution in [3.05, 3.63) is 42.0 Å². The number of ether oxygens (including phenoxy) is 2. The van der Waals surface area contributed by atoms with Crippen LogP contribution in [0.25, 0.3) is 11.1 Å². The van der Waals surface area contributed by atoms with Crippen molar-refractivity contribution >= 4 is 5.69 Å². The van der Waals surface area contributed by atoms with Crippen molar-refractivity contribution in [1.29, 1.82) is 0 Å². The standard InChI is InChI=1S/C15H17NO2/c1-10-4-5-11(16)8-14(10)13-7-6-12(17-2)9-15(13)18-3/h4-9H,16H2,1-3H3. The van der Waals surface area contributed by atoms with E-state index >= 15 is 0 Å². The molecule has 18 heavy (non-hydrogen) atoms. The Hall–Kier alpha value is -2.16. The molecule has 0 saturated heterocycles. The molecule has 0 aliphatic heterocycles. The molecular formula is C15H17NO2. The number of rotatable bonds is 3. The molecule has 0 radical (unpaired) electrons. The highest BCUT2D eigenvalue weighted by Crippen LogP contribution is 2.35. The quantitative estimate of drug-likeness (QED) is 0.841. The van der Waals surface area contributed by atoms with Crippen molar-refractivity contribution in [2.75, 3.05) is 20.0 Å². The predicted molar refractivity (Wildman–Crippen MR) is 74.1 cm³/mol. The van der Waals surface area contributed by atoms with Gasteiger partial charge in [0.15, 0.2) is 0 Å². The van der Waals surface area contributed by atoms with E-state index in [2.05, 4.69) is 6.92 Å². The van der Waals surface area contributed by atoms with Crippen molar-refractivity contribution in [3.63, 3.8) is 0 Å². The van der Waals surface area contributed by atoms with E-state index < -0.39 is 0 Å². The van der Waals surface area contributed by atoms with E-state index in [9.17, 15) is 0 Å². The van der Waals surface area contributed by atoms with Crippen LogP contribution in [0.5, 0.6) is 11.5 Å². The molecule has 3 heteroatoms. The molecule has 0 aliphatic rings. The zero-order valence-corrected chi connectivity index (χ0v) is 10.9. The normalized spacial score (nSPS) is 10.2. The van der Waals surface area contributed by atoms with Crippen LogP contribution >= 0.6 is 0 Å². The number of hydrogen-bond acceptors (Lipinski definition) is 3. The predicted octanol–water partition coefficient (Wildman–Crippen LogP) is 3.26. The fourth-order valence-electron chi connectivity index (χ4n) is 1.95. The molecule has 0 spiro atoms. The van der Waals surface area contributed by atoms with Crippen molar-refractivity contribution < 1.29 is 9.47 Å². The van der Waals surface area contributed by atoms with Gasteiger partial charge in [0.25, 0.3) is 0 Å². The maximum atomic E-state index is 5.85. The Balaban J connectivity index is 2.59. The first kappa shape index (κ1) is 12.3. The monoisotopic (exact) mass is 243 g/mol. The molecule has 0 aliphatic carbocycles. The van der Waals surface area contributed by atoms with Crippen molar-refractivity contribution in [1.82, 2.24) is 0 Å². The summed E-state index contributed by atoms with van der Waals surface area (Å²) in [7, 11) is 3.29. The zero-order valence-electron chi connectivity index (χ0n) is 10.9.